The van der Waals surface area contributed by atoms with Crippen LogP contribution in [0.5, 0.6) is 0 Å². The van der Waals surface area contributed by atoms with E-state index in [1.807, 2.05) is 38.1 Å². The van der Waals surface area contributed by atoms with Crippen molar-refractivity contribution >= 4 is 27.5 Å². The first kappa shape index (κ1) is 19.7. The Balaban J connectivity index is 1.91. The minimum atomic E-state index is -3.24. The minimum Gasteiger partial charge on any atom is -0.342 e. The Kier molecular flexibility index (Phi) is 5.46. The lowest BCUT2D eigenvalue weighted by molar-refractivity contribution is -0.131. The van der Waals surface area contributed by atoms with E-state index < -0.39 is 21.9 Å². The van der Waals surface area contributed by atoms with Gasteiger partial charge >= 0.3 is 6.03 Å². The van der Waals surface area contributed by atoms with Gasteiger partial charge in [-0.3, -0.25) is 9.69 Å². The molecule has 1 aromatic carbocycles. The van der Waals surface area contributed by atoms with Crippen LogP contribution in [-0.2, 0) is 21.1 Å². The summed E-state index contributed by atoms with van der Waals surface area (Å²) < 4.78 is 24.5. The van der Waals surface area contributed by atoms with Crippen molar-refractivity contribution < 1.29 is 18.0 Å². The molecular weight excluding hydrogens is 366 g/mol. The van der Waals surface area contributed by atoms with E-state index in [2.05, 4.69) is 6.92 Å². The van der Waals surface area contributed by atoms with Crippen LogP contribution in [0, 0.1) is 0 Å². The number of carbonyl (C=O) groups excluding carboxylic acids is 2. The van der Waals surface area contributed by atoms with Crippen molar-refractivity contribution in [3.8, 4) is 0 Å². The maximum Gasteiger partial charge on any atom is 0.325 e. The van der Waals surface area contributed by atoms with Crippen LogP contribution in [0.4, 0.5) is 10.5 Å². The van der Waals surface area contributed by atoms with Gasteiger partial charge in [0.15, 0.2) is 9.84 Å². The fraction of sp³-hybridized carbons (Fsp3) is 0.579. The zero-order chi connectivity index (χ0) is 19.8. The van der Waals surface area contributed by atoms with E-state index in [0.29, 0.717) is 18.8 Å². The fourth-order valence-corrected chi connectivity index (χ4v) is 5.93. The van der Waals surface area contributed by atoms with Gasteiger partial charge in [-0.05, 0) is 38.0 Å². The second-order valence-electron chi connectivity index (χ2n) is 7.08. The van der Waals surface area contributed by atoms with Gasteiger partial charge in [0.1, 0.15) is 6.54 Å². The Hall–Kier alpha value is -2.09. The summed E-state index contributed by atoms with van der Waals surface area (Å²) in [6.45, 7) is 6.87. The molecule has 2 aliphatic rings. The molecule has 0 spiro atoms. The van der Waals surface area contributed by atoms with Crippen molar-refractivity contribution in [2.45, 2.75) is 39.3 Å². The van der Waals surface area contributed by atoms with Crippen LogP contribution < -0.4 is 4.90 Å². The number of anilines is 1. The number of hydrogen-bond donors (Lipinski definition) is 0. The molecule has 2 fully saturated rings. The van der Waals surface area contributed by atoms with E-state index in [0.717, 1.165) is 12.0 Å². The quantitative estimate of drug-likeness (QED) is 0.687. The summed E-state index contributed by atoms with van der Waals surface area (Å²) in [5.41, 5.74) is 1.83. The normalized spacial score (nSPS) is 23.6. The maximum atomic E-state index is 13.1. The summed E-state index contributed by atoms with van der Waals surface area (Å²) in [5, 5.41) is 0. The predicted molar refractivity (Wildman–Crippen MR) is 105 cm³/mol. The van der Waals surface area contributed by atoms with Crippen LogP contribution >= 0.6 is 0 Å². The van der Waals surface area contributed by atoms with Gasteiger partial charge in [0.25, 0.3) is 0 Å². The monoisotopic (exact) mass is 393 g/mol. The molecule has 0 saturated carbocycles. The van der Waals surface area contributed by atoms with Crippen LogP contribution in [0.3, 0.4) is 0 Å². The number of fused-ring (bicyclic) bond motifs is 1. The Morgan fingerprint density at radius 2 is 1.67 bits per heavy atom. The second-order valence-corrected chi connectivity index (χ2v) is 9.23. The Morgan fingerprint density at radius 3 is 2.22 bits per heavy atom. The lowest BCUT2D eigenvalue weighted by atomic mass is 10.1. The fourth-order valence-electron chi connectivity index (χ4n) is 3.98. The average Bonchev–Trinajstić information content (AvgIpc) is 3.07. The van der Waals surface area contributed by atoms with Crippen molar-refractivity contribution in [3.63, 3.8) is 0 Å². The van der Waals surface area contributed by atoms with Crippen molar-refractivity contribution in [3.05, 3.63) is 29.8 Å². The first-order chi connectivity index (χ1) is 12.8. The van der Waals surface area contributed by atoms with Crippen LogP contribution in [0.25, 0.3) is 0 Å². The molecule has 148 valence electrons. The summed E-state index contributed by atoms with van der Waals surface area (Å²) in [7, 11) is -3.24. The number of rotatable bonds is 6. The molecule has 0 bridgehead atoms. The standard InChI is InChI=1S/C19H27N3O4S/c1-4-14-7-9-15(10-8-14)22-17-13-27(25,26)12-16(17)21(19(22)24)11-18(23)20(5-2)6-3/h7-10,16-17H,4-6,11-13H2,1-3H3/t16-,17-/m0/s1. The molecule has 2 heterocycles. The van der Waals surface area contributed by atoms with Crippen LogP contribution in [0.15, 0.2) is 24.3 Å². The third-order valence-corrected chi connectivity index (χ3v) is 7.22. The Bertz CT molecular complexity index is 818. The highest BCUT2D eigenvalue weighted by Gasteiger charge is 2.54. The van der Waals surface area contributed by atoms with Gasteiger partial charge in [-0.15, -0.1) is 0 Å². The number of carbonyl (C=O) groups is 2. The molecule has 3 rings (SSSR count). The highest BCUT2D eigenvalue weighted by molar-refractivity contribution is 7.91. The number of benzene rings is 1. The first-order valence-electron chi connectivity index (χ1n) is 9.48. The SMILES string of the molecule is CCc1ccc(N2C(=O)N(CC(=O)N(CC)CC)[C@H]3CS(=O)(=O)C[C@@H]32)cc1. The number of likely N-dealkylation sites (N-methyl/N-ethyl adjacent to an activating group) is 1. The lowest BCUT2D eigenvalue weighted by Gasteiger charge is -2.25. The molecule has 7 nitrogen and oxygen atoms in total. The minimum absolute atomic E-state index is 0.0606. The predicted octanol–water partition coefficient (Wildman–Crippen LogP) is 1.53. The summed E-state index contributed by atoms with van der Waals surface area (Å²) >= 11 is 0. The van der Waals surface area contributed by atoms with Crippen molar-refractivity contribution in [2.24, 2.45) is 0 Å². The highest BCUT2D eigenvalue weighted by Crippen LogP contribution is 2.35. The van der Waals surface area contributed by atoms with Crippen molar-refractivity contribution in [2.75, 3.05) is 36.0 Å². The molecule has 2 saturated heterocycles. The topological polar surface area (TPSA) is 78.0 Å². The molecule has 27 heavy (non-hydrogen) atoms. The Labute approximate surface area is 160 Å². The number of urea groups is 1. The number of sulfone groups is 1. The molecule has 0 aromatic heterocycles. The van der Waals surface area contributed by atoms with Gasteiger partial charge in [-0.1, -0.05) is 19.1 Å². The number of amides is 3. The van der Waals surface area contributed by atoms with E-state index in [-0.39, 0.29) is 30.0 Å². The molecule has 2 atom stereocenters. The summed E-state index contributed by atoms with van der Waals surface area (Å²) in [6.07, 6.45) is 0.888. The van der Waals surface area contributed by atoms with Crippen LogP contribution in [-0.4, -0.2) is 73.4 Å². The van der Waals surface area contributed by atoms with Gasteiger partial charge in [0, 0.05) is 18.8 Å². The average molecular weight is 394 g/mol. The molecular formula is C19H27N3O4S. The molecule has 1 aromatic rings. The molecule has 0 aliphatic carbocycles. The van der Waals surface area contributed by atoms with Crippen LogP contribution in [0.1, 0.15) is 26.3 Å². The van der Waals surface area contributed by atoms with E-state index in [1.54, 1.807) is 9.80 Å². The summed E-state index contributed by atoms with van der Waals surface area (Å²) in [6, 6.07) is 6.40. The maximum absolute atomic E-state index is 13.1. The van der Waals surface area contributed by atoms with Crippen LogP contribution in [0.2, 0.25) is 0 Å². The number of nitrogens with zero attached hydrogens (tertiary/aromatic N) is 3. The van der Waals surface area contributed by atoms with Gasteiger partial charge in [-0.25, -0.2) is 13.2 Å². The lowest BCUT2D eigenvalue weighted by Crippen LogP contribution is -2.45. The van der Waals surface area contributed by atoms with Gasteiger partial charge in [0.2, 0.25) is 5.91 Å². The number of hydrogen-bond acceptors (Lipinski definition) is 4. The molecule has 0 N–H and O–H groups in total. The number of aryl methyl sites for hydroxylation is 1. The molecule has 0 radical (unpaired) electrons. The second kappa shape index (κ2) is 7.50. The van der Waals surface area contributed by atoms with E-state index >= 15 is 0 Å². The van der Waals surface area contributed by atoms with E-state index in [9.17, 15) is 18.0 Å². The molecule has 8 heteroatoms. The molecule has 3 amide bonds. The summed E-state index contributed by atoms with van der Waals surface area (Å²) in [4.78, 5) is 30.3. The van der Waals surface area contributed by atoms with E-state index in [1.165, 1.54) is 4.90 Å². The zero-order valence-electron chi connectivity index (χ0n) is 16.1. The van der Waals surface area contributed by atoms with Gasteiger partial charge in [0.05, 0.1) is 23.6 Å². The third-order valence-electron chi connectivity index (χ3n) is 5.52. The zero-order valence-corrected chi connectivity index (χ0v) is 16.9. The van der Waals surface area contributed by atoms with Crippen molar-refractivity contribution in [1.82, 2.24) is 9.80 Å². The van der Waals surface area contributed by atoms with E-state index in [4.69, 9.17) is 0 Å². The third kappa shape index (κ3) is 3.67. The first-order valence-corrected chi connectivity index (χ1v) is 11.3. The van der Waals surface area contributed by atoms with Gasteiger partial charge in [-0.2, -0.15) is 0 Å². The highest BCUT2D eigenvalue weighted by atomic mass is 32.2. The van der Waals surface area contributed by atoms with Crippen molar-refractivity contribution in [1.29, 1.82) is 0 Å². The smallest absolute Gasteiger partial charge is 0.325 e. The largest absolute Gasteiger partial charge is 0.342 e. The summed E-state index contributed by atoms with van der Waals surface area (Å²) in [5.74, 6) is -0.299. The molecule has 2 aliphatic heterocycles. The van der Waals surface area contributed by atoms with Gasteiger partial charge < -0.3 is 9.80 Å². The molecule has 0 unspecified atom stereocenters. The Morgan fingerprint density at radius 1 is 1.07 bits per heavy atom.